The van der Waals surface area contributed by atoms with E-state index >= 15 is 0 Å². The van der Waals surface area contributed by atoms with Crippen molar-refractivity contribution >= 4 is 45.9 Å². The average molecular weight is 552 g/mol. The van der Waals surface area contributed by atoms with Gasteiger partial charge in [0.15, 0.2) is 10.6 Å². The third-order valence-electron chi connectivity index (χ3n) is 3.73. The van der Waals surface area contributed by atoms with Gasteiger partial charge in [-0.15, -0.1) is 24.0 Å². The third-order valence-corrected chi connectivity index (χ3v) is 4.16. The molecule has 0 aliphatic rings. The second kappa shape index (κ2) is 13.0. The Morgan fingerprint density at radius 3 is 2.67 bits per heavy atom. The number of methoxy groups -OCH3 is 1. The summed E-state index contributed by atoms with van der Waals surface area (Å²) in [6, 6.07) is 10.0. The molecule has 0 aliphatic carbocycles. The summed E-state index contributed by atoms with van der Waals surface area (Å²) in [6.07, 6.45) is 0.780. The molecule has 27 heavy (non-hydrogen) atoms. The molecular weight excluding hydrogens is 525 g/mol. The van der Waals surface area contributed by atoms with E-state index in [-0.39, 0.29) is 24.0 Å². The van der Waals surface area contributed by atoms with Crippen molar-refractivity contribution in [3.8, 4) is 5.75 Å². The summed E-state index contributed by atoms with van der Waals surface area (Å²) in [5, 5.41) is 6.60. The maximum Gasteiger partial charge on any atom is 0.191 e. The van der Waals surface area contributed by atoms with E-state index in [9.17, 15) is 0 Å². The van der Waals surface area contributed by atoms with Crippen LogP contribution in [0.3, 0.4) is 0 Å². The molecule has 6 nitrogen and oxygen atoms in total. The number of rotatable bonds is 9. The van der Waals surface area contributed by atoms with E-state index in [1.807, 2.05) is 25.1 Å². The minimum Gasteiger partial charge on any atom is -0.491 e. The molecule has 2 N–H and O–H groups in total. The Bertz CT molecular complexity index is 722. The van der Waals surface area contributed by atoms with Crippen molar-refractivity contribution < 1.29 is 13.9 Å². The van der Waals surface area contributed by atoms with Gasteiger partial charge in [-0.25, -0.2) is 0 Å². The van der Waals surface area contributed by atoms with Gasteiger partial charge in [0.05, 0.1) is 6.61 Å². The number of guanidine groups is 1. The highest BCUT2D eigenvalue weighted by molar-refractivity contribution is 14.0. The Hall–Kier alpha value is -1.26. The highest BCUT2D eigenvalue weighted by Crippen LogP contribution is 2.20. The fourth-order valence-corrected chi connectivity index (χ4v) is 2.71. The Morgan fingerprint density at radius 2 is 2.00 bits per heavy atom. The summed E-state index contributed by atoms with van der Waals surface area (Å²) < 4.78 is 17.1. The maximum atomic E-state index is 5.82. The molecule has 0 amide bonds. The first kappa shape index (κ1) is 23.8. The molecule has 0 saturated heterocycles. The number of aliphatic imine (C=N–C) groups is 1. The highest BCUT2D eigenvalue weighted by Gasteiger charge is 2.06. The minimum atomic E-state index is 0. The van der Waals surface area contributed by atoms with Gasteiger partial charge in [0.25, 0.3) is 0 Å². The third kappa shape index (κ3) is 8.52. The predicted octanol–water partition coefficient (Wildman–Crippen LogP) is 3.90. The van der Waals surface area contributed by atoms with E-state index in [0.29, 0.717) is 19.8 Å². The number of furan rings is 1. The predicted molar refractivity (Wildman–Crippen MR) is 122 cm³/mol. The molecule has 1 aromatic carbocycles. The maximum absolute atomic E-state index is 5.82. The molecule has 0 fully saturated rings. The minimum absolute atomic E-state index is 0. The molecule has 2 rings (SSSR count). The number of hydrogen-bond acceptors (Lipinski definition) is 4. The van der Waals surface area contributed by atoms with E-state index in [2.05, 4.69) is 43.7 Å². The molecule has 1 aromatic heterocycles. The monoisotopic (exact) mass is 551 g/mol. The van der Waals surface area contributed by atoms with Gasteiger partial charge in [-0.05, 0) is 46.6 Å². The van der Waals surface area contributed by atoms with Gasteiger partial charge < -0.3 is 24.5 Å². The number of nitrogens with zero attached hydrogens (tertiary/aromatic N) is 1. The van der Waals surface area contributed by atoms with Crippen LogP contribution in [-0.2, 0) is 17.7 Å². The Morgan fingerprint density at radius 1 is 1.19 bits per heavy atom. The lowest BCUT2D eigenvalue weighted by molar-refractivity contribution is 0.145. The van der Waals surface area contributed by atoms with Crippen LogP contribution in [0.15, 0.2) is 44.4 Å². The summed E-state index contributed by atoms with van der Waals surface area (Å²) in [4.78, 5) is 4.26. The second-order valence-electron chi connectivity index (χ2n) is 5.76. The molecule has 0 saturated carbocycles. The SMILES string of the molecule is CN=C(NCCc1ccc(Br)o1)NCc1ccc(C)cc1OCCOC.I. The van der Waals surface area contributed by atoms with Crippen LogP contribution in [0.2, 0.25) is 0 Å². The van der Waals surface area contributed by atoms with Crippen LogP contribution in [0, 0.1) is 6.92 Å². The molecule has 0 bridgehead atoms. The van der Waals surface area contributed by atoms with Gasteiger partial charge >= 0.3 is 0 Å². The Labute approximate surface area is 186 Å². The Kier molecular flexibility index (Phi) is 11.5. The molecule has 0 radical (unpaired) electrons. The van der Waals surface area contributed by atoms with Crippen molar-refractivity contribution in [1.29, 1.82) is 0 Å². The van der Waals surface area contributed by atoms with Crippen LogP contribution in [0.5, 0.6) is 5.75 Å². The zero-order valence-corrected chi connectivity index (χ0v) is 19.8. The summed E-state index contributed by atoms with van der Waals surface area (Å²) in [7, 11) is 3.42. The van der Waals surface area contributed by atoms with Crippen molar-refractivity contribution in [2.75, 3.05) is 33.9 Å². The van der Waals surface area contributed by atoms with Crippen LogP contribution in [-0.4, -0.2) is 39.9 Å². The van der Waals surface area contributed by atoms with Crippen LogP contribution < -0.4 is 15.4 Å². The molecule has 0 spiro atoms. The number of ether oxygens (including phenoxy) is 2. The summed E-state index contributed by atoms with van der Waals surface area (Å²) in [6.45, 7) is 4.48. The van der Waals surface area contributed by atoms with Crippen LogP contribution >= 0.6 is 39.9 Å². The first-order chi connectivity index (χ1) is 12.6. The van der Waals surface area contributed by atoms with Gasteiger partial charge in [0, 0.05) is 39.2 Å². The molecule has 0 aliphatic heterocycles. The fourth-order valence-electron chi connectivity index (χ4n) is 2.37. The van der Waals surface area contributed by atoms with Crippen LogP contribution in [0.25, 0.3) is 0 Å². The lowest BCUT2D eigenvalue weighted by atomic mass is 10.1. The number of benzene rings is 1. The normalized spacial score (nSPS) is 11.0. The molecule has 1 heterocycles. The molecular formula is C19H27BrIN3O3. The van der Waals surface area contributed by atoms with Crippen molar-refractivity contribution in [2.24, 2.45) is 4.99 Å². The quantitative estimate of drug-likeness (QED) is 0.214. The van der Waals surface area contributed by atoms with Gasteiger partial charge in [-0.3, -0.25) is 4.99 Å². The average Bonchev–Trinajstić information content (AvgIpc) is 3.04. The standard InChI is InChI=1S/C19H26BrN3O3.HI/c1-14-4-5-15(17(12-14)25-11-10-24-3)13-23-19(21-2)22-9-8-16-6-7-18(20)26-16;/h4-7,12H,8-11,13H2,1-3H3,(H2,21,22,23);1H. The van der Waals surface area contributed by atoms with Gasteiger partial charge in [-0.2, -0.15) is 0 Å². The van der Waals surface area contributed by atoms with Gasteiger partial charge in [0.1, 0.15) is 18.1 Å². The largest absolute Gasteiger partial charge is 0.491 e. The summed E-state index contributed by atoms with van der Waals surface area (Å²) >= 11 is 3.31. The van der Waals surface area contributed by atoms with Crippen molar-refractivity contribution in [2.45, 2.75) is 19.9 Å². The number of nitrogens with one attached hydrogen (secondary N) is 2. The first-order valence-electron chi connectivity index (χ1n) is 8.52. The smallest absolute Gasteiger partial charge is 0.191 e. The second-order valence-corrected chi connectivity index (χ2v) is 6.54. The van der Waals surface area contributed by atoms with E-state index < -0.39 is 0 Å². The van der Waals surface area contributed by atoms with E-state index in [1.165, 1.54) is 0 Å². The number of halogens is 2. The molecule has 2 aromatic rings. The zero-order chi connectivity index (χ0) is 18.8. The van der Waals surface area contributed by atoms with Crippen LogP contribution in [0.4, 0.5) is 0 Å². The van der Waals surface area contributed by atoms with Gasteiger partial charge in [0.2, 0.25) is 0 Å². The summed E-state index contributed by atoms with van der Waals surface area (Å²) in [5.74, 6) is 2.52. The van der Waals surface area contributed by atoms with Crippen molar-refractivity contribution in [3.63, 3.8) is 0 Å². The van der Waals surface area contributed by atoms with E-state index in [0.717, 1.165) is 46.2 Å². The lowest BCUT2D eigenvalue weighted by Gasteiger charge is -2.15. The van der Waals surface area contributed by atoms with Crippen molar-refractivity contribution in [1.82, 2.24) is 10.6 Å². The molecule has 0 atom stereocenters. The zero-order valence-electron chi connectivity index (χ0n) is 15.9. The van der Waals surface area contributed by atoms with Crippen LogP contribution in [0.1, 0.15) is 16.9 Å². The first-order valence-corrected chi connectivity index (χ1v) is 9.31. The molecule has 8 heteroatoms. The fraction of sp³-hybridized carbons (Fsp3) is 0.421. The van der Waals surface area contributed by atoms with Crippen molar-refractivity contribution in [3.05, 3.63) is 51.9 Å². The van der Waals surface area contributed by atoms with E-state index in [1.54, 1.807) is 14.2 Å². The van der Waals surface area contributed by atoms with E-state index in [4.69, 9.17) is 13.9 Å². The molecule has 0 unspecified atom stereocenters. The lowest BCUT2D eigenvalue weighted by Crippen LogP contribution is -2.37. The Balaban J connectivity index is 0.00000364. The highest BCUT2D eigenvalue weighted by atomic mass is 127. The summed E-state index contributed by atoms with van der Waals surface area (Å²) in [5.41, 5.74) is 2.23. The number of aryl methyl sites for hydroxylation is 1. The molecule has 150 valence electrons. The number of hydrogen-bond donors (Lipinski definition) is 2. The van der Waals surface area contributed by atoms with Gasteiger partial charge in [-0.1, -0.05) is 12.1 Å². The topological polar surface area (TPSA) is 68.0 Å².